The Hall–Kier alpha value is -2.84. The van der Waals surface area contributed by atoms with Gasteiger partial charge in [0.1, 0.15) is 6.54 Å². The van der Waals surface area contributed by atoms with Gasteiger partial charge in [-0.15, -0.1) is 0 Å². The lowest BCUT2D eigenvalue weighted by molar-refractivity contribution is -0.917. The minimum Gasteiger partial charge on any atom is -0.454 e. The van der Waals surface area contributed by atoms with Crippen molar-refractivity contribution in [1.82, 2.24) is 4.90 Å². The molecule has 2 aliphatic rings. The van der Waals surface area contributed by atoms with E-state index in [-0.39, 0.29) is 23.4 Å². The van der Waals surface area contributed by atoms with Crippen LogP contribution in [0.4, 0.5) is 5.69 Å². The third-order valence-electron chi connectivity index (χ3n) is 5.04. The molecule has 28 heavy (non-hydrogen) atoms. The van der Waals surface area contributed by atoms with Crippen molar-refractivity contribution in [1.29, 1.82) is 0 Å². The van der Waals surface area contributed by atoms with Crippen molar-refractivity contribution in [2.24, 2.45) is 0 Å². The van der Waals surface area contributed by atoms with Crippen LogP contribution in [-0.2, 0) is 6.54 Å². The number of ether oxygens (including phenoxy) is 2. The molecule has 2 heterocycles. The van der Waals surface area contributed by atoms with Gasteiger partial charge in [-0.1, -0.05) is 11.6 Å². The summed E-state index contributed by atoms with van der Waals surface area (Å²) in [5.41, 5.74) is 1.34. The maximum atomic E-state index is 12.7. The van der Waals surface area contributed by atoms with E-state index in [1.807, 2.05) is 18.2 Å². The number of piperazine rings is 1. The van der Waals surface area contributed by atoms with Crippen LogP contribution < -0.4 is 14.4 Å². The number of non-ortho nitro benzene ring substituents is 1. The van der Waals surface area contributed by atoms with E-state index in [4.69, 9.17) is 21.1 Å². The Morgan fingerprint density at radius 3 is 2.61 bits per heavy atom. The number of carbonyl (C=O) groups is 1. The zero-order chi connectivity index (χ0) is 19.7. The monoisotopic (exact) mass is 404 g/mol. The van der Waals surface area contributed by atoms with E-state index < -0.39 is 4.92 Å². The number of benzene rings is 2. The number of hydrogen-bond donors (Lipinski definition) is 1. The molecule has 146 valence electrons. The maximum Gasteiger partial charge on any atom is 0.270 e. The third-order valence-corrected chi connectivity index (χ3v) is 5.36. The highest BCUT2D eigenvalue weighted by Gasteiger charge is 2.27. The van der Waals surface area contributed by atoms with Crippen molar-refractivity contribution in [3.8, 4) is 11.5 Å². The highest BCUT2D eigenvalue weighted by Crippen LogP contribution is 2.32. The van der Waals surface area contributed by atoms with Gasteiger partial charge in [0.2, 0.25) is 6.79 Å². The summed E-state index contributed by atoms with van der Waals surface area (Å²) in [7, 11) is 0. The molecule has 1 amide bonds. The Morgan fingerprint density at radius 2 is 1.89 bits per heavy atom. The van der Waals surface area contributed by atoms with E-state index in [1.54, 1.807) is 4.90 Å². The minimum atomic E-state index is -0.529. The average Bonchev–Trinajstić information content (AvgIpc) is 3.16. The van der Waals surface area contributed by atoms with Gasteiger partial charge >= 0.3 is 0 Å². The van der Waals surface area contributed by atoms with Crippen molar-refractivity contribution in [2.75, 3.05) is 33.0 Å². The van der Waals surface area contributed by atoms with Crippen LogP contribution in [0.5, 0.6) is 11.5 Å². The fourth-order valence-corrected chi connectivity index (χ4v) is 3.76. The van der Waals surface area contributed by atoms with E-state index in [9.17, 15) is 14.9 Å². The summed E-state index contributed by atoms with van der Waals surface area (Å²) in [6.07, 6.45) is 0. The quantitative estimate of drug-likeness (QED) is 0.616. The summed E-state index contributed by atoms with van der Waals surface area (Å²) in [5.74, 6) is 1.36. The topological polar surface area (TPSA) is 86.4 Å². The Labute approximate surface area is 166 Å². The molecule has 0 spiro atoms. The molecule has 1 fully saturated rings. The Balaban J connectivity index is 1.36. The molecule has 2 aliphatic heterocycles. The van der Waals surface area contributed by atoms with Crippen molar-refractivity contribution in [3.05, 3.63) is 62.7 Å². The van der Waals surface area contributed by atoms with Crippen LogP contribution in [0.2, 0.25) is 5.02 Å². The molecule has 0 aromatic heterocycles. The molecule has 4 rings (SSSR count). The van der Waals surface area contributed by atoms with E-state index in [2.05, 4.69) is 0 Å². The van der Waals surface area contributed by atoms with Gasteiger partial charge in [0.15, 0.2) is 11.5 Å². The standard InChI is InChI=1S/C19H18ClN3O5/c20-16-10-14(23(25)26)2-3-15(16)19(24)22-7-5-21(6-8-22)11-13-1-4-17-18(9-13)28-12-27-17/h1-4,9-10H,5-8,11-12H2/p+1. The molecule has 9 heteroatoms. The van der Waals surface area contributed by atoms with Gasteiger partial charge in [0, 0.05) is 17.7 Å². The Kier molecular flexibility index (Phi) is 5.06. The molecular weight excluding hydrogens is 386 g/mol. The first-order valence-electron chi connectivity index (χ1n) is 8.96. The number of nitro groups is 1. The van der Waals surface area contributed by atoms with Crippen molar-refractivity contribution < 1.29 is 24.1 Å². The second kappa shape index (κ2) is 7.65. The molecule has 0 bridgehead atoms. The van der Waals surface area contributed by atoms with Gasteiger partial charge in [-0.05, 0) is 24.3 Å². The Morgan fingerprint density at radius 1 is 1.14 bits per heavy atom. The number of nitro benzene ring substituents is 1. The molecule has 0 saturated carbocycles. The third kappa shape index (κ3) is 3.74. The van der Waals surface area contributed by atoms with Gasteiger partial charge in [-0.3, -0.25) is 14.9 Å². The van der Waals surface area contributed by atoms with Crippen LogP contribution in [0.25, 0.3) is 0 Å². The number of carbonyl (C=O) groups excluding carboxylic acids is 1. The number of fused-ring (bicyclic) bond motifs is 1. The lowest BCUT2D eigenvalue weighted by atomic mass is 10.1. The zero-order valence-electron chi connectivity index (χ0n) is 15.0. The number of halogens is 1. The summed E-state index contributed by atoms with van der Waals surface area (Å²) in [5, 5.41) is 10.9. The molecular formula is C19H19ClN3O5+. The molecule has 2 aromatic carbocycles. The summed E-state index contributed by atoms with van der Waals surface area (Å²) >= 11 is 6.09. The van der Waals surface area contributed by atoms with E-state index in [0.29, 0.717) is 18.7 Å². The van der Waals surface area contributed by atoms with Gasteiger partial charge < -0.3 is 19.3 Å². The fourth-order valence-electron chi connectivity index (χ4n) is 3.50. The molecule has 0 unspecified atom stereocenters. The van der Waals surface area contributed by atoms with E-state index in [1.165, 1.54) is 23.1 Å². The maximum absolute atomic E-state index is 12.7. The zero-order valence-corrected chi connectivity index (χ0v) is 15.8. The summed E-state index contributed by atoms with van der Waals surface area (Å²) in [6, 6.07) is 9.91. The van der Waals surface area contributed by atoms with Crippen LogP contribution >= 0.6 is 11.6 Å². The van der Waals surface area contributed by atoms with Gasteiger partial charge in [-0.2, -0.15) is 0 Å². The Bertz CT molecular complexity index is 928. The highest BCUT2D eigenvalue weighted by molar-refractivity contribution is 6.34. The van der Waals surface area contributed by atoms with Crippen LogP contribution in [0.15, 0.2) is 36.4 Å². The number of nitrogens with one attached hydrogen (secondary N) is 1. The number of nitrogens with zero attached hydrogens (tertiary/aromatic N) is 2. The van der Waals surface area contributed by atoms with Crippen LogP contribution in [0.3, 0.4) is 0 Å². The molecule has 2 aromatic rings. The molecule has 0 atom stereocenters. The van der Waals surface area contributed by atoms with Crippen molar-refractivity contribution in [2.45, 2.75) is 6.54 Å². The SMILES string of the molecule is O=C(c1ccc([N+](=O)[O-])cc1Cl)N1CC[NH+](Cc2ccc3c(c2)OCO3)CC1. The molecule has 0 radical (unpaired) electrons. The van der Waals surface area contributed by atoms with Crippen molar-refractivity contribution in [3.63, 3.8) is 0 Å². The first kappa shape index (κ1) is 18.5. The predicted octanol–water partition coefficient (Wildman–Crippen LogP) is 1.52. The predicted molar refractivity (Wildman–Crippen MR) is 101 cm³/mol. The molecule has 8 nitrogen and oxygen atoms in total. The number of hydrogen-bond acceptors (Lipinski definition) is 5. The van der Waals surface area contributed by atoms with Gasteiger partial charge in [-0.25, -0.2) is 0 Å². The van der Waals surface area contributed by atoms with E-state index >= 15 is 0 Å². The van der Waals surface area contributed by atoms with Gasteiger partial charge in [0.05, 0.1) is 41.7 Å². The van der Waals surface area contributed by atoms with Crippen molar-refractivity contribution >= 4 is 23.2 Å². The molecule has 1 N–H and O–H groups in total. The first-order valence-corrected chi connectivity index (χ1v) is 9.34. The highest BCUT2D eigenvalue weighted by atomic mass is 35.5. The largest absolute Gasteiger partial charge is 0.454 e. The second-order valence-corrected chi connectivity index (χ2v) is 7.24. The molecule has 0 aliphatic carbocycles. The fraction of sp³-hybridized carbons (Fsp3) is 0.316. The van der Waals surface area contributed by atoms with Gasteiger partial charge in [0.25, 0.3) is 11.6 Å². The smallest absolute Gasteiger partial charge is 0.270 e. The minimum absolute atomic E-state index is 0.106. The summed E-state index contributed by atoms with van der Waals surface area (Å²) in [6.45, 7) is 3.93. The summed E-state index contributed by atoms with van der Waals surface area (Å²) in [4.78, 5) is 26.1. The molecule has 1 saturated heterocycles. The normalized spacial score (nSPS) is 16.2. The summed E-state index contributed by atoms with van der Waals surface area (Å²) < 4.78 is 10.8. The lowest BCUT2D eigenvalue weighted by Gasteiger charge is -2.32. The first-order chi connectivity index (χ1) is 13.5. The van der Waals surface area contributed by atoms with Crippen LogP contribution in [0, 0.1) is 10.1 Å². The lowest BCUT2D eigenvalue weighted by Crippen LogP contribution is -3.13. The second-order valence-electron chi connectivity index (χ2n) is 6.83. The van der Waals surface area contributed by atoms with Crippen LogP contribution in [-0.4, -0.2) is 48.7 Å². The van der Waals surface area contributed by atoms with Crippen LogP contribution in [0.1, 0.15) is 15.9 Å². The number of quaternary nitrogens is 1. The van der Waals surface area contributed by atoms with E-state index in [0.717, 1.165) is 36.7 Å². The number of amides is 1. The average molecular weight is 405 g/mol. The number of rotatable bonds is 4.